The van der Waals surface area contributed by atoms with Crippen molar-refractivity contribution in [3.63, 3.8) is 0 Å². The Labute approximate surface area is 226 Å². The summed E-state index contributed by atoms with van der Waals surface area (Å²) in [5, 5.41) is 9.34. The minimum absolute atomic E-state index is 0.0547. The minimum atomic E-state index is -0.0547. The van der Waals surface area contributed by atoms with Gasteiger partial charge >= 0.3 is 5.97 Å². The van der Waals surface area contributed by atoms with Crippen LogP contribution in [-0.2, 0) is 9.53 Å². The Morgan fingerprint density at radius 2 is 0.917 bits per heavy atom. The smallest absolute Gasteiger partial charge is 0.305 e. The van der Waals surface area contributed by atoms with Crippen LogP contribution in [0, 0.1) is 0 Å². The second-order valence-corrected chi connectivity index (χ2v) is 11.0. The molecule has 0 bridgehead atoms. The van der Waals surface area contributed by atoms with E-state index >= 15 is 0 Å². The average Bonchev–Trinajstić information content (AvgIpc) is 2.88. The van der Waals surface area contributed by atoms with Crippen LogP contribution in [0.25, 0.3) is 0 Å². The van der Waals surface area contributed by atoms with Crippen molar-refractivity contribution >= 4 is 5.97 Å². The molecular formula is C32H65NO3. The van der Waals surface area contributed by atoms with Gasteiger partial charge in [0.1, 0.15) is 6.61 Å². The van der Waals surface area contributed by atoms with Gasteiger partial charge in [0.25, 0.3) is 0 Å². The van der Waals surface area contributed by atoms with Crippen molar-refractivity contribution in [2.24, 2.45) is 0 Å². The summed E-state index contributed by atoms with van der Waals surface area (Å²) in [6, 6.07) is 0. The number of unbranched alkanes of at least 4 members (excludes halogenated alkanes) is 21. The van der Waals surface area contributed by atoms with Crippen LogP contribution < -0.4 is 0 Å². The van der Waals surface area contributed by atoms with Crippen LogP contribution in [0.2, 0.25) is 0 Å². The van der Waals surface area contributed by atoms with E-state index in [0.29, 0.717) is 19.6 Å². The maximum Gasteiger partial charge on any atom is 0.305 e. The van der Waals surface area contributed by atoms with Gasteiger partial charge in [0.2, 0.25) is 0 Å². The van der Waals surface area contributed by atoms with Gasteiger partial charge in [-0.3, -0.25) is 9.69 Å². The summed E-state index contributed by atoms with van der Waals surface area (Å²) in [5.41, 5.74) is 0. The van der Waals surface area contributed by atoms with Crippen LogP contribution in [0.4, 0.5) is 0 Å². The minimum Gasteiger partial charge on any atom is -0.464 e. The number of carbonyl (C=O) groups excluding carboxylic acids is 1. The van der Waals surface area contributed by atoms with E-state index in [-0.39, 0.29) is 12.6 Å². The van der Waals surface area contributed by atoms with E-state index in [0.717, 1.165) is 25.9 Å². The highest BCUT2D eigenvalue weighted by Crippen LogP contribution is 2.13. The van der Waals surface area contributed by atoms with Gasteiger partial charge in [-0.05, 0) is 19.4 Å². The zero-order chi connectivity index (χ0) is 26.4. The number of esters is 1. The Morgan fingerprint density at radius 3 is 1.33 bits per heavy atom. The number of nitrogens with zero attached hydrogens (tertiary/aromatic N) is 1. The molecule has 4 heteroatoms. The predicted molar refractivity (Wildman–Crippen MR) is 157 cm³/mol. The molecule has 0 aliphatic heterocycles. The summed E-state index contributed by atoms with van der Waals surface area (Å²) in [4.78, 5) is 14.3. The zero-order valence-electron chi connectivity index (χ0n) is 24.7. The third-order valence-electron chi connectivity index (χ3n) is 7.40. The maximum absolute atomic E-state index is 12.0. The molecule has 1 N–H and O–H groups in total. The van der Waals surface area contributed by atoms with Crippen molar-refractivity contribution < 1.29 is 14.6 Å². The fourth-order valence-corrected chi connectivity index (χ4v) is 4.95. The normalized spacial score (nSPS) is 11.4. The average molecular weight is 512 g/mol. The third kappa shape index (κ3) is 28.0. The van der Waals surface area contributed by atoms with Gasteiger partial charge in [0.05, 0.1) is 6.61 Å². The lowest BCUT2D eigenvalue weighted by atomic mass is 10.0. The van der Waals surface area contributed by atoms with Gasteiger partial charge in [-0.1, -0.05) is 149 Å². The molecule has 0 spiro atoms. The second kappa shape index (κ2) is 30.6. The summed E-state index contributed by atoms with van der Waals surface area (Å²) < 4.78 is 5.46. The first-order valence-electron chi connectivity index (χ1n) is 16.2. The monoisotopic (exact) mass is 511 g/mol. The Morgan fingerprint density at radius 1 is 0.528 bits per heavy atom. The van der Waals surface area contributed by atoms with E-state index < -0.39 is 0 Å². The van der Waals surface area contributed by atoms with Gasteiger partial charge in [-0.25, -0.2) is 0 Å². The molecule has 0 aliphatic rings. The molecule has 0 aliphatic carbocycles. The Kier molecular flexibility index (Phi) is 30.1. The van der Waals surface area contributed by atoms with Crippen LogP contribution >= 0.6 is 0 Å². The lowest BCUT2D eigenvalue weighted by Crippen LogP contribution is -2.32. The van der Waals surface area contributed by atoms with E-state index in [1.54, 1.807) is 0 Å². The van der Waals surface area contributed by atoms with Crippen molar-refractivity contribution in [3.05, 3.63) is 0 Å². The standard InChI is InChI=1S/C32H65NO3/c1-3-5-7-9-11-13-15-16-17-18-20-22-24-26-32(35)36-31-29-33(28-30-34)27-25-23-21-19-14-12-10-8-6-4-2/h34H,3-31H2,1-2H3. The zero-order valence-corrected chi connectivity index (χ0v) is 24.7. The molecule has 36 heavy (non-hydrogen) atoms. The number of carbonyl (C=O) groups is 1. The lowest BCUT2D eigenvalue weighted by Gasteiger charge is -2.21. The molecular weight excluding hydrogens is 446 g/mol. The van der Waals surface area contributed by atoms with Crippen LogP contribution in [0.15, 0.2) is 0 Å². The summed E-state index contributed by atoms with van der Waals surface area (Å²) >= 11 is 0. The largest absolute Gasteiger partial charge is 0.464 e. The number of rotatable bonds is 30. The summed E-state index contributed by atoms with van der Waals surface area (Å²) in [6.07, 6.45) is 31.1. The number of aliphatic hydroxyl groups is 1. The molecule has 0 aromatic carbocycles. The summed E-state index contributed by atoms with van der Waals surface area (Å²) in [7, 11) is 0. The highest BCUT2D eigenvalue weighted by atomic mass is 16.5. The molecule has 0 atom stereocenters. The molecule has 0 fully saturated rings. The maximum atomic E-state index is 12.0. The van der Waals surface area contributed by atoms with Crippen molar-refractivity contribution in [1.29, 1.82) is 0 Å². The first kappa shape index (κ1) is 35.4. The summed E-state index contributed by atoms with van der Waals surface area (Å²) in [5.74, 6) is -0.0547. The van der Waals surface area contributed by atoms with Gasteiger partial charge in [0, 0.05) is 19.5 Å². The molecule has 0 aromatic rings. The van der Waals surface area contributed by atoms with E-state index in [1.807, 2.05) is 0 Å². The van der Waals surface area contributed by atoms with Crippen LogP contribution in [0.3, 0.4) is 0 Å². The number of hydrogen-bond donors (Lipinski definition) is 1. The highest BCUT2D eigenvalue weighted by Gasteiger charge is 2.07. The van der Waals surface area contributed by atoms with E-state index in [1.165, 1.54) is 135 Å². The van der Waals surface area contributed by atoms with Gasteiger partial charge in [-0.15, -0.1) is 0 Å². The molecule has 0 rings (SSSR count). The topological polar surface area (TPSA) is 49.8 Å². The summed E-state index contributed by atoms with van der Waals surface area (Å²) in [6.45, 7) is 7.58. The predicted octanol–water partition coefficient (Wildman–Crippen LogP) is 9.23. The van der Waals surface area contributed by atoms with Crippen molar-refractivity contribution in [2.45, 2.75) is 168 Å². The Balaban J connectivity index is 3.50. The number of hydrogen-bond acceptors (Lipinski definition) is 4. The Hall–Kier alpha value is -0.610. The Bertz CT molecular complexity index is 430. The third-order valence-corrected chi connectivity index (χ3v) is 7.40. The van der Waals surface area contributed by atoms with Crippen LogP contribution in [0.5, 0.6) is 0 Å². The first-order valence-corrected chi connectivity index (χ1v) is 16.2. The van der Waals surface area contributed by atoms with Crippen molar-refractivity contribution in [1.82, 2.24) is 4.90 Å². The van der Waals surface area contributed by atoms with Gasteiger partial charge in [0.15, 0.2) is 0 Å². The van der Waals surface area contributed by atoms with E-state index in [2.05, 4.69) is 18.7 Å². The van der Waals surface area contributed by atoms with Crippen molar-refractivity contribution in [3.8, 4) is 0 Å². The molecule has 0 unspecified atom stereocenters. The number of aliphatic hydroxyl groups excluding tert-OH is 1. The molecule has 4 nitrogen and oxygen atoms in total. The fourth-order valence-electron chi connectivity index (χ4n) is 4.95. The highest BCUT2D eigenvalue weighted by molar-refractivity contribution is 5.69. The molecule has 0 saturated heterocycles. The van der Waals surface area contributed by atoms with Crippen molar-refractivity contribution in [2.75, 3.05) is 32.8 Å². The second-order valence-electron chi connectivity index (χ2n) is 11.0. The molecule has 0 heterocycles. The van der Waals surface area contributed by atoms with Gasteiger partial charge in [-0.2, -0.15) is 0 Å². The van der Waals surface area contributed by atoms with E-state index in [9.17, 15) is 9.90 Å². The van der Waals surface area contributed by atoms with Gasteiger partial charge < -0.3 is 9.84 Å². The lowest BCUT2D eigenvalue weighted by molar-refractivity contribution is -0.144. The molecule has 0 aromatic heterocycles. The SMILES string of the molecule is CCCCCCCCCCCCCCCC(=O)OCCN(CCO)CCCCCCCCCCCC. The quantitative estimate of drug-likeness (QED) is 0.0771. The molecule has 0 radical (unpaired) electrons. The van der Waals surface area contributed by atoms with E-state index in [4.69, 9.17) is 4.74 Å². The molecule has 0 saturated carbocycles. The van der Waals surface area contributed by atoms with Crippen LogP contribution in [0.1, 0.15) is 168 Å². The molecule has 0 amide bonds. The fraction of sp³-hybridized carbons (Fsp3) is 0.969. The first-order chi connectivity index (χ1) is 17.7. The number of ether oxygens (including phenoxy) is 1. The van der Waals surface area contributed by atoms with Crippen LogP contribution in [-0.4, -0.2) is 48.8 Å². The molecule has 216 valence electrons.